The van der Waals surface area contributed by atoms with E-state index in [1.807, 2.05) is 0 Å². The summed E-state index contributed by atoms with van der Waals surface area (Å²) in [6.45, 7) is 9.31. The lowest BCUT2D eigenvalue weighted by molar-refractivity contribution is 0.282. The highest BCUT2D eigenvalue weighted by Crippen LogP contribution is 2.46. The second kappa shape index (κ2) is 12.4. The first-order valence-electron chi connectivity index (χ1n) is 13.8. The first-order valence-corrected chi connectivity index (χ1v) is 13.8. The Balaban J connectivity index is 0.000000194. The molecular formula is C30H51N. The van der Waals surface area contributed by atoms with Crippen LogP contribution in [-0.2, 0) is 0 Å². The molecule has 0 saturated heterocycles. The number of fused-ring (bicyclic) bond motifs is 1. The van der Waals surface area contributed by atoms with E-state index in [-0.39, 0.29) is 0 Å². The maximum atomic E-state index is 5.80. The molecule has 1 heteroatoms. The number of allylic oxidation sites excluding steroid dienone is 6. The molecule has 0 heterocycles. The van der Waals surface area contributed by atoms with Crippen molar-refractivity contribution in [1.82, 2.24) is 0 Å². The van der Waals surface area contributed by atoms with Crippen LogP contribution in [-0.4, -0.2) is 6.04 Å². The Morgan fingerprint density at radius 3 is 2.42 bits per heavy atom. The van der Waals surface area contributed by atoms with Crippen LogP contribution in [0.25, 0.3) is 0 Å². The van der Waals surface area contributed by atoms with Gasteiger partial charge in [0.15, 0.2) is 0 Å². The Hall–Kier alpha value is -0.820. The maximum Gasteiger partial charge on any atom is 0.00104 e. The minimum Gasteiger partial charge on any atom is -0.328 e. The normalized spacial score (nSPS) is 36.0. The third-order valence-electron chi connectivity index (χ3n) is 8.68. The molecule has 176 valence electrons. The van der Waals surface area contributed by atoms with Crippen molar-refractivity contribution in [2.45, 2.75) is 117 Å². The number of nitrogens with two attached hydrogens (primary N) is 1. The number of hydrogen-bond donors (Lipinski definition) is 1. The summed E-state index contributed by atoms with van der Waals surface area (Å²) in [4.78, 5) is 0. The fraction of sp³-hybridized carbons (Fsp3) is 0.800. The van der Waals surface area contributed by atoms with Gasteiger partial charge in [0.1, 0.15) is 0 Å². The van der Waals surface area contributed by atoms with E-state index in [2.05, 4.69) is 52.0 Å². The van der Waals surface area contributed by atoms with Crippen molar-refractivity contribution in [3.8, 4) is 0 Å². The Morgan fingerprint density at radius 1 is 0.968 bits per heavy atom. The van der Waals surface area contributed by atoms with Gasteiger partial charge in [-0.05, 0) is 112 Å². The molecule has 5 unspecified atom stereocenters. The van der Waals surface area contributed by atoms with Crippen molar-refractivity contribution in [3.05, 3.63) is 35.5 Å². The van der Waals surface area contributed by atoms with Crippen molar-refractivity contribution < 1.29 is 0 Å². The van der Waals surface area contributed by atoms with Crippen molar-refractivity contribution >= 4 is 0 Å². The molecule has 0 aromatic carbocycles. The van der Waals surface area contributed by atoms with Crippen LogP contribution in [0.2, 0.25) is 0 Å². The highest BCUT2D eigenvalue weighted by molar-refractivity contribution is 5.25. The van der Waals surface area contributed by atoms with Gasteiger partial charge in [-0.25, -0.2) is 0 Å². The summed E-state index contributed by atoms with van der Waals surface area (Å²) in [7, 11) is 0. The van der Waals surface area contributed by atoms with E-state index in [1.54, 1.807) is 11.1 Å². The first kappa shape index (κ1) is 24.8. The third-order valence-corrected chi connectivity index (χ3v) is 8.68. The van der Waals surface area contributed by atoms with Crippen LogP contribution in [0.3, 0.4) is 0 Å². The molecule has 4 aliphatic carbocycles. The lowest BCUT2D eigenvalue weighted by Crippen LogP contribution is -2.17. The minimum atomic E-state index is 0.390. The van der Waals surface area contributed by atoms with Crippen LogP contribution in [0.5, 0.6) is 0 Å². The van der Waals surface area contributed by atoms with Gasteiger partial charge >= 0.3 is 0 Å². The zero-order valence-electron chi connectivity index (χ0n) is 21.1. The van der Waals surface area contributed by atoms with Crippen molar-refractivity contribution in [2.75, 3.05) is 0 Å². The highest BCUT2D eigenvalue weighted by Gasteiger charge is 2.35. The molecule has 0 radical (unpaired) electrons. The third kappa shape index (κ3) is 7.62. The molecule has 0 aromatic heterocycles. The minimum absolute atomic E-state index is 0.390. The van der Waals surface area contributed by atoms with Gasteiger partial charge in [-0.2, -0.15) is 0 Å². The van der Waals surface area contributed by atoms with Crippen LogP contribution in [0, 0.1) is 35.5 Å². The van der Waals surface area contributed by atoms with Gasteiger partial charge in [0.25, 0.3) is 0 Å². The summed E-state index contributed by atoms with van der Waals surface area (Å²) >= 11 is 0. The predicted octanol–water partition coefficient (Wildman–Crippen LogP) is 8.61. The molecule has 2 saturated carbocycles. The molecule has 0 amide bonds. The Kier molecular flexibility index (Phi) is 9.95. The zero-order valence-corrected chi connectivity index (χ0v) is 21.1. The molecule has 0 bridgehead atoms. The first-order chi connectivity index (χ1) is 14.9. The molecular weight excluding hydrogens is 374 g/mol. The molecule has 31 heavy (non-hydrogen) atoms. The fourth-order valence-corrected chi connectivity index (χ4v) is 6.77. The number of unbranched alkanes of at least 4 members (excludes halogenated alkanes) is 1. The fourth-order valence-electron chi connectivity index (χ4n) is 6.77. The number of hydrogen-bond acceptors (Lipinski definition) is 1. The van der Waals surface area contributed by atoms with E-state index in [1.165, 1.54) is 83.5 Å². The van der Waals surface area contributed by atoms with Gasteiger partial charge in [-0.1, -0.05) is 69.9 Å². The smallest absolute Gasteiger partial charge is 0.00104 e. The average Bonchev–Trinajstić information content (AvgIpc) is 3.05. The molecule has 2 N–H and O–H groups in total. The van der Waals surface area contributed by atoms with Crippen LogP contribution >= 0.6 is 0 Å². The topological polar surface area (TPSA) is 26.0 Å². The second-order valence-electron chi connectivity index (χ2n) is 11.6. The monoisotopic (exact) mass is 425 g/mol. The van der Waals surface area contributed by atoms with E-state index < -0.39 is 0 Å². The Morgan fingerprint density at radius 2 is 1.74 bits per heavy atom. The highest BCUT2D eigenvalue weighted by atomic mass is 14.6. The van der Waals surface area contributed by atoms with Crippen LogP contribution < -0.4 is 5.73 Å². The van der Waals surface area contributed by atoms with Crippen LogP contribution in [0.4, 0.5) is 0 Å². The molecule has 0 aliphatic heterocycles. The lowest BCUT2D eigenvalue weighted by Gasteiger charge is -2.30. The zero-order chi connectivity index (χ0) is 22.2. The quantitative estimate of drug-likeness (QED) is 0.334. The van der Waals surface area contributed by atoms with Gasteiger partial charge in [-0.3, -0.25) is 0 Å². The largest absolute Gasteiger partial charge is 0.328 e. The summed E-state index contributed by atoms with van der Waals surface area (Å²) in [5.74, 6) is 5.51. The van der Waals surface area contributed by atoms with Crippen molar-refractivity contribution in [1.29, 1.82) is 0 Å². The Labute approximate surface area is 194 Å². The van der Waals surface area contributed by atoms with Crippen LogP contribution in [0.1, 0.15) is 111 Å². The van der Waals surface area contributed by atoms with Gasteiger partial charge < -0.3 is 5.73 Å². The van der Waals surface area contributed by atoms with Crippen molar-refractivity contribution in [2.24, 2.45) is 41.2 Å². The van der Waals surface area contributed by atoms with Crippen molar-refractivity contribution in [3.63, 3.8) is 0 Å². The average molecular weight is 426 g/mol. The van der Waals surface area contributed by atoms with Gasteiger partial charge in [0.2, 0.25) is 0 Å². The summed E-state index contributed by atoms with van der Waals surface area (Å²) in [6.07, 6.45) is 27.7. The van der Waals surface area contributed by atoms with E-state index in [0.717, 1.165) is 35.5 Å². The van der Waals surface area contributed by atoms with E-state index >= 15 is 0 Å². The molecule has 5 atom stereocenters. The summed E-state index contributed by atoms with van der Waals surface area (Å²) < 4.78 is 0. The standard InChI is InChI=1S/C18H31N.C12H20/c1-15(19)7-5-6-8-16-11-13-18(14-12-16)17-9-3-2-4-10-17;1-8-4-5-11-9(2)7-10(3)12(11)6-8/h3,9-10,15-16,18H,2,4-8,11-14,19H2,1H3;6,8-11H,4-5,7H2,1-3H3. The summed E-state index contributed by atoms with van der Waals surface area (Å²) in [5, 5.41) is 0. The molecule has 0 spiro atoms. The maximum absolute atomic E-state index is 5.80. The van der Waals surface area contributed by atoms with Crippen LogP contribution in [0.15, 0.2) is 35.5 Å². The summed E-state index contributed by atoms with van der Waals surface area (Å²) in [6, 6.07) is 0.390. The Bertz CT molecular complexity index is 616. The van der Waals surface area contributed by atoms with Gasteiger partial charge in [-0.15, -0.1) is 0 Å². The molecule has 4 rings (SSSR count). The SMILES string of the molecule is CC(N)CCCCC1CCC(C2=CCCC=C2)CC1.CC1C=C2C(C)CC(C)C2CC1. The summed E-state index contributed by atoms with van der Waals surface area (Å²) in [5.41, 5.74) is 9.23. The van der Waals surface area contributed by atoms with Gasteiger partial charge in [0, 0.05) is 6.04 Å². The lowest BCUT2D eigenvalue weighted by atomic mass is 9.76. The number of rotatable bonds is 6. The second-order valence-corrected chi connectivity index (χ2v) is 11.6. The predicted molar refractivity (Wildman–Crippen MR) is 137 cm³/mol. The molecule has 4 aliphatic rings. The molecule has 2 fully saturated rings. The van der Waals surface area contributed by atoms with E-state index in [4.69, 9.17) is 5.73 Å². The van der Waals surface area contributed by atoms with Gasteiger partial charge in [0.05, 0.1) is 0 Å². The van der Waals surface area contributed by atoms with E-state index in [0.29, 0.717) is 6.04 Å². The molecule has 1 nitrogen and oxygen atoms in total. The molecule has 0 aromatic rings. The van der Waals surface area contributed by atoms with E-state index in [9.17, 15) is 0 Å².